The third kappa shape index (κ3) is 3.56. The number of rotatable bonds is 5. The number of halogens is 1. The van der Waals surface area contributed by atoms with Gasteiger partial charge in [0.2, 0.25) is 5.91 Å². The molecule has 1 amide bonds. The Hall–Kier alpha value is -3.15. The molecule has 2 aromatic carbocycles. The summed E-state index contributed by atoms with van der Waals surface area (Å²) in [5, 5.41) is 10.7. The minimum atomic E-state index is -0.484. The Morgan fingerprint density at radius 1 is 1.22 bits per heavy atom. The van der Waals surface area contributed by atoms with E-state index < -0.39 is 5.82 Å². The van der Waals surface area contributed by atoms with Gasteiger partial charge in [-0.1, -0.05) is 13.0 Å². The first-order chi connectivity index (χ1) is 12.8. The van der Waals surface area contributed by atoms with Crippen LogP contribution >= 0.6 is 0 Å². The van der Waals surface area contributed by atoms with Crippen LogP contribution in [0.15, 0.2) is 42.5 Å². The second-order valence-corrected chi connectivity index (χ2v) is 6.76. The van der Waals surface area contributed by atoms with Crippen LogP contribution in [0.3, 0.4) is 0 Å². The summed E-state index contributed by atoms with van der Waals surface area (Å²) >= 11 is 0. The molecule has 27 heavy (non-hydrogen) atoms. The van der Waals surface area contributed by atoms with Crippen LogP contribution in [0.25, 0.3) is 10.9 Å². The first-order valence-electron chi connectivity index (χ1n) is 8.72. The maximum absolute atomic E-state index is 13.6. The van der Waals surface area contributed by atoms with Crippen LogP contribution in [0.2, 0.25) is 0 Å². The maximum Gasteiger partial charge on any atom is 0.262 e. The number of phenols is 1. The molecule has 6 heteroatoms. The number of benzene rings is 2. The van der Waals surface area contributed by atoms with Crippen LogP contribution in [-0.2, 0) is 4.79 Å². The normalized spacial score (nSPS) is 12.3. The smallest absolute Gasteiger partial charge is 0.262 e. The molecule has 0 aliphatic heterocycles. The van der Waals surface area contributed by atoms with E-state index in [0.29, 0.717) is 17.6 Å². The molecule has 0 bridgehead atoms. The van der Waals surface area contributed by atoms with Crippen molar-refractivity contribution < 1.29 is 19.1 Å². The minimum absolute atomic E-state index is 0.0524. The van der Waals surface area contributed by atoms with E-state index in [1.54, 1.807) is 18.2 Å². The van der Waals surface area contributed by atoms with Gasteiger partial charge < -0.3 is 10.8 Å². The third-order valence-electron chi connectivity index (χ3n) is 4.83. The highest BCUT2D eigenvalue weighted by molar-refractivity contribution is 6.04. The van der Waals surface area contributed by atoms with Crippen LogP contribution in [0.5, 0.6) is 5.75 Å². The fourth-order valence-electron chi connectivity index (χ4n) is 3.57. The average molecular weight is 368 g/mol. The number of phenolic OH excluding ortho intramolecular Hbond substituents is 1. The molecule has 0 unspecified atom stereocenters. The molecular weight excluding hydrogens is 347 g/mol. The topological polar surface area (TPSA) is 85.3 Å². The predicted octanol–water partition coefficient (Wildman–Crippen LogP) is 3.85. The van der Waals surface area contributed by atoms with Crippen LogP contribution in [0.4, 0.5) is 4.39 Å². The zero-order valence-electron chi connectivity index (χ0n) is 15.2. The van der Waals surface area contributed by atoms with Crippen molar-refractivity contribution in [2.24, 2.45) is 5.73 Å². The summed E-state index contributed by atoms with van der Waals surface area (Å²) in [6.07, 6.45) is 0.753. The van der Waals surface area contributed by atoms with Gasteiger partial charge in [0.05, 0.1) is 5.52 Å². The van der Waals surface area contributed by atoms with Gasteiger partial charge in [-0.2, -0.15) is 0 Å². The summed E-state index contributed by atoms with van der Waals surface area (Å²) < 4.78 is 15.1. The van der Waals surface area contributed by atoms with Crippen molar-refractivity contribution in [3.63, 3.8) is 0 Å². The zero-order chi connectivity index (χ0) is 19.7. The molecule has 3 aromatic rings. The van der Waals surface area contributed by atoms with Gasteiger partial charge in [0.1, 0.15) is 11.6 Å². The van der Waals surface area contributed by atoms with Gasteiger partial charge in [0, 0.05) is 23.1 Å². The van der Waals surface area contributed by atoms with Gasteiger partial charge in [-0.3, -0.25) is 14.2 Å². The first kappa shape index (κ1) is 18.6. The number of nitrogens with two attached hydrogens (primary N) is 1. The lowest BCUT2D eigenvalue weighted by Gasteiger charge is -2.12. The maximum atomic E-state index is 13.6. The van der Waals surface area contributed by atoms with Crippen LogP contribution in [0.1, 0.15) is 47.3 Å². The fourth-order valence-corrected chi connectivity index (χ4v) is 3.57. The van der Waals surface area contributed by atoms with E-state index >= 15 is 0 Å². The largest absolute Gasteiger partial charge is 0.508 e. The Morgan fingerprint density at radius 3 is 2.63 bits per heavy atom. The Balaban J connectivity index is 2.17. The molecule has 0 saturated heterocycles. The molecule has 140 valence electrons. The molecule has 1 heterocycles. The number of aromatic hydroxyl groups is 1. The Labute approximate surface area is 156 Å². The lowest BCUT2D eigenvalue weighted by molar-refractivity contribution is -0.118. The SMILES string of the molecule is Cc1c([C@@H](C)CCC(N)=O)c2cc(O)ccc2n1C(=O)c1cccc(F)c1. The molecule has 0 fully saturated rings. The summed E-state index contributed by atoms with van der Waals surface area (Å²) in [5.41, 5.74) is 7.69. The van der Waals surface area contributed by atoms with Crippen molar-refractivity contribution in [1.29, 1.82) is 0 Å². The summed E-state index contributed by atoms with van der Waals surface area (Å²) in [6.45, 7) is 3.76. The van der Waals surface area contributed by atoms with E-state index in [1.807, 2.05) is 13.8 Å². The van der Waals surface area contributed by atoms with Gasteiger partial charge >= 0.3 is 0 Å². The van der Waals surface area contributed by atoms with Gasteiger partial charge in [-0.05, 0) is 61.2 Å². The first-order valence-corrected chi connectivity index (χ1v) is 8.72. The minimum Gasteiger partial charge on any atom is -0.508 e. The third-order valence-corrected chi connectivity index (χ3v) is 4.83. The quantitative estimate of drug-likeness (QED) is 0.717. The number of carbonyl (C=O) groups excluding carboxylic acids is 2. The van der Waals surface area contributed by atoms with Crippen LogP contribution < -0.4 is 5.73 Å². The van der Waals surface area contributed by atoms with Gasteiger partial charge in [0.15, 0.2) is 0 Å². The Bertz CT molecular complexity index is 1040. The van der Waals surface area contributed by atoms with Crippen molar-refractivity contribution in [1.82, 2.24) is 4.57 Å². The number of nitrogens with zero attached hydrogens (tertiary/aromatic N) is 1. The Morgan fingerprint density at radius 2 is 1.96 bits per heavy atom. The lowest BCUT2D eigenvalue weighted by Crippen LogP contribution is -2.14. The summed E-state index contributed by atoms with van der Waals surface area (Å²) in [7, 11) is 0. The van der Waals surface area contributed by atoms with Gasteiger partial charge in [-0.15, -0.1) is 0 Å². The van der Waals surface area contributed by atoms with E-state index in [1.165, 1.54) is 28.8 Å². The molecule has 0 radical (unpaired) electrons. The highest BCUT2D eigenvalue weighted by atomic mass is 19.1. The van der Waals surface area contributed by atoms with Crippen molar-refractivity contribution >= 4 is 22.7 Å². The summed E-state index contributed by atoms with van der Waals surface area (Å²) in [5.74, 6) is -1.19. The molecule has 3 rings (SSSR count). The van der Waals surface area contributed by atoms with Crippen molar-refractivity contribution in [2.75, 3.05) is 0 Å². The number of hydrogen-bond acceptors (Lipinski definition) is 3. The highest BCUT2D eigenvalue weighted by Crippen LogP contribution is 2.36. The van der Waals surface area contributed by atoms with E-state index in [-0.39, 0.29) is 35.5 Å². The van der Waals surface area contributed by atoms with Gasteiger partial charge in [0.25, 0.3) is 5.91 Å². The van der Waals surface area contributed by atoms with Crippen molar-refractivity contribution in [3.05, 3.63) is 65.1 Å². The second-order valence-electron chi connectivity index (χ2n) is 6.76. The molecule has 0 spiro atoms. The number of amides is 1. The van der Waals surface area contributed by atoms with E-state index in [0.717, 1.165) is 10.9 Å². The standard InChI is InChI=1S/C21H21FN2O3/c1-12(6-9-19(23)26)20-13(2)24(18-8-7-16(25)11-17(18)20)21(27)14-4-3-5-15(22)10-14/h3-5,7-8,10-12,25H,6,9H2,1-2H3,(H2,23,26)/t12-/m0/s1. The number of fused-ring (bicyclic) bond motifs is 1. The monoisotopic (exact) mass is 368 g/mol. The van der Waals surface area contributed by atoms with Crippen molar-refractivity contribution in [2.45, 2.75) is 32.6 Å². The molecule has 3 N–H and O–H groups in total. The number of primary amides is 1. The summed E-state index contributed by atoms with van der Waals surface area (Å²) in [6, 6.07) is 10.3. The van der Waals surface area contributed by atoms with E-state index in [2.05, 4.69) is 0 Å². The fraction of sp³-hybridized carbons (Fsp3) is 0.238. The van der Waals surface area contributed by atoms with E-state index in [9.17, 15) is 19.1 Å². The van der Waals surface area contributed by atoms with Crippen LogP contribution in [0, 0.1) is 12.7 Å². The molecule has 5 nitrogen and oxygen atoms in total. The zero-order valence-corrected chi connectivity index (χ0v) is 15.2. The lowest BCUT2D eigenvalue weighted by atomic mass is 9.93. The molecular formula is C21H21FN2O3. The van der Waals surface area contributed by atoms with Gasteiger partial charge in [-0.25, -0.2) is 4.39 Å². The second kappa shape index (κ2) is 7.23. The molecule has 1 aromatic heterocycles. The van der Waals surface area contributed by atoms with Crippen LogP contribution in [-0.4, -0.2) is 21.5 Å². The number of hydrogen-bond donors (Lipinski definition) is 2. The molecule has 0 aliphatic rings. The molecule has 1 atom stereocenters. The average Bonchev–Trinajstić information content (AvgIpc) is 2.90. The summed E-state index contributed by atoms with van der Waals surface area (Å²) in [4.78, 5) is 24.2. The predicted molar refractivity (Wildman–Crippen MR) is 101 cm³/mol. The Kier molecular flexibility index (Phi) is 4.99. The van der Waals surface area contributed by atoms with E-state index in [4.69, 9.17) is 5.73 Å². The highest BCUT2D eigenvalue weighted by Gasteiger charge is 2.23. The van der Waals surface area contributed by atoms with Crippen molar-refractivity contribution in [3.8, 4) is 5.75 Å². The molecule has 0 saturated carbocycles. The number of carbonyl (C=O) groups is 2. The molecule has 0 aliphatic carbocycles. The number of aromatic nitrogens is 1.